The Labute approximate surface area is 272 Å². The summed E-state index contributed by atoms with van der Waals surface area (Å²) in [6.45, 7) is 14.1. The quantitative estimate of drug-likeness (QED) is 0.185. The number of amides is 1. The van der Waals surface area contributed by atoms with Gasteiger partial charge in [0.2, 0.25) is 5.95 Å². The summed E-state index contributed by atoms with van der Waals surface area (Å²) in [5.41, 5.74) is 1.30. The first kappa shape index (κ1) is 34.9. The van der Waals surface area contributed by atoms with Crippen LogP contribution in [0.4, 0.5) is 26.6 Å². The number of carbonyl (C=O) groups excluding carboxylic acids is 1. The molecule has 1 saturated heterocycles. The van der Waals surface area contributed by atoms with Crippen molar-refractivity contribution in [3.63, 3.8) is 0 Å². The van der Waals surface area contributed by atoms with Crippen LogP contribution in [0, 0.1) is 17.7 Å². The van der Waals surface area contributed by atoms with Crippen LogP contribution in [0.15, 0.2) is 54.7 Å². The van der Waals surface area contributed by atoms with Crippen molar-refractivity contribution in [1.29, 1.82) is 0 Å². The molecule has 2 unspecified atom stereocenters. The van der Waals surface area contributed by atoms with Gasteiger partial charge < -0.3 is 29.3 Å². The molecule has 250 valence electrons. The number of nitrogens with zero attached hydrogens (tertiary/aromatic N) is 5. The van der Waals surface area contributed by atoms with Gasteiger partial charge in [-0.25, -0.2) is 14.2 Å². The Morgan fingerprint density at radius 1 is 1.09 bits per heavy atom. The Bertz CT molecular complexity index is 1400. The zero-order chi connectivity index (χ0) is 33.1. The number of carbonyl (C=O) groups is 1. The fourth-order valence-corrected chi connectivity index (χ4v) is 5.44. The molecular weight excluding hydrogens is 587 g/mol. The Morgan fingerprint density at radius 2 is 1.87 bits per heavy atom. The predicted molar refractivity (Wildman–Crippen MR) is 180 cm³/mol. The maximum absolute atomic E-state index is 15.0. The minimum Gasteiger partial charge on any atom is -0.497 e. The van der Waals surface area contributed by atoms with Crippen molar-refractivity contribution in [2.75, 3.05) is 63.7 Å². The molecule has 3 aromatic rings. The van der Waals surface area contributed by atoms with E-state index in [1.165, 1.54) is 11.0 Å². The van der Waals surface area contributed by atoms with Crippen LogP contribution in [0.25, 0.3) is 0 Å². The molecule has 1 aliphatic rings. The molecular formula is C35H49FN6O4. The van der Waals surface area contributed by atoms with Crippen molar-refractivity contribution in [1.82, 2.24) is 19.8 Å². The van der Waals surface area contributed by atoms with Gasteiger partial charge in [0.15, 0.2) is 11.6 Å². The van der Waals surface area contributed by atoms with Gasteiger partial charge in [-0.2, -0.15) is 4.98 Å². The number of piperazine rings is 1. The molecule has 0 spiro atoms. The highest BCUT2D eigenvalue weighted by Crippen LogP contribution is 2.27. The van der Waals surface area contributed by atoms with Crippen LogP contribution in [-0.2, 0) is 11.3 Å². The molecule has 1 fully saturated rings. The molecule has 0 radical (unpaired) electrons. The number of rotatable bonds is 15. The second-order valence-corrected chi connectivity index (χ2v) is 12.3. The lowest BCUT2D eigenvalue weighted by atomic mass is 9.93. The summed E-state index contributed by atoms with van der Waals surface area (Å²) in [5.74, 6) is 1.28. The lowest BCUT2D eigenvalue weighted by Gasteiger charge is -2.32. The fraction of sp³-hybridized carbons (Fsp3) is 0.514. The third-order valence-electron chi connectivity index (χ3n) is 8.37. The van der Waals surface area contributed by atoms with Gasteiger partial charge in [0, 0.05) is 50.7 Å². The van der Waals surface area contributed by atoms with E-state index >= 15 is 0 Å². The Hall–Kier alpha value is -3.96. The van der Waals surface area contributed by atoms with E-state index in [2.05, 4.69) is 46.0 Å². The molecule has 1 amide bonds. The highest BCUT2D eigenvalue weighted by atomic mass is 19.1. The average Bonchev–Trinajstić information content (AvgIpc) is 3.05. The van der Waals surface area contributed by atoms with E-state index in [1.54, 1.807) is 31.5 Å². The van der Waals surface area contributed by atoms with Crippen molar-refractivity contribution < 1.29 is 23.4 Å². The number of methoxy groups -OCH3 is 1. The lowest BCUT2D eigenvalue weighted by molar-refractivity contribution is 0.0402. The number of hydrogen-bond acceptors (Lipinski definition) is 9. The number of hydrogen-bond donors (Lipinski definition) is 1. The van der Waals surface area contributed by atoms with Crippen LogP contribution < -0.4 is 19.7 Å². The van der Waals surface area contributed by atoms with Gasteiger partial charge in [-0.05, 0) is 61.2 Å². The van der Waals surface area contributed by atoms with Gasteiger partial charge in [-0.1, -0.05) is 46.2 Å². The first-order chi connectivity index (χ1) is 22.2. The SMILES string of the molecule is CCC(C)C(OC(=O)N(Cc1cccc(OC)c1)c1ccnc(Nc2ccc(OCCCN3CCN(C)CC3)c(F)c2)n1)C(C)C. The van der Waals surface area contributed by atoms with Gasteiger partial charge in [0.1, 0.15) is 17.7 Å². The van der Waals surface area contributed by atoms with Crippen LogP contribution in [0.3, 0.4) is 0 Å². The van der Waals surface area contributed by atoms with E-state index in [-0.39, 0.29) is 36.2 Å². The highest BCUT2D eigenvalue weighted by molar-refractivity contribution is 5.86. The van der Waals surface area contributed by atoms with Crippen molar-refractivity contribution >= 4 is 23.5 Å². The van der Waals surface area contributed by atoms with E-state index in [1.807, 2.05) is 38.1 Å². The first-order valence-electron chi connectivity index (χ1n) is 16.2. The smallest absolute Gasteiger partial charge is 0.416 e. The fourth-order valence-electron chi connectivity index (χ4n) is 5.44. The average molecular weight is 637 g/mol. The third kappa shape index (κ3) is 10.0. The van der Waals surface area contributed by atoms with Crippen molar-refractivity contribution in [3.05, 3.63) is 66.1 Å². The second-order valence-electron chi connectivity index (χ2n) is 12.3. The molecule has 2 aromatic carbocycles. The largest absolute Gasteiger partial charge is 0.497 e. The predicted octanol–water partition coefficient (Wildman–Crippen LogP) is 6.60. The third-order valence-corrected chi connectivity index (χ3v) is 8.37. The summed E-state index contributed by atoms with van der Waals surface area (Å²) in [6.07, 6.45) is 2.49. The highest BCUT2D eigenvalue weighted by Gasteiger charge is 2.28. The maximum atomic E-state index is 15.0. The molecule has 2 atom stereocenters. The van der Waals surface area contributed by atoms with E-state index in [4.69, 9.17) is 14.2 Å². The molecule has 1 N–H and O–H groups in total. The Kier molecular flexibility index (Phi) is 13.0. The van der Waals surface area contributed by atoms with Crippen LogP contribution in [-0.4, -0.2) is 85.5 Å². The van der Waals surface area contributed by atoms with E-state index < -0.39 is 11.9 Å². The van der Waals surface area contributed by atoms with Gasteiger partial charge in [0.25, 0.3) is 0 Å². The van der Waals surface area contributed by atoms with E-state index in [0.29, 0.717) is 23.9 Å². The van der Waals surface area contributed by atoms with Crippen LogP contribution in [0.5, 0.6) is 11.5 Å². The number of halogens is 1. The molecule has 1 aliphatic heterocycles. The van der Waals surface area contributed by atoms with E-state index in [0.717, 1.165) is 51.1 Å². The number of nitrogens with one attached hydrogen (secondary N) is 1. The minimum absolute atomic E-state index is 0.138. The summed E-state index contributed by atoms with van der Waals surface area (Å²) in [4.78, 5) is 28.9. The van der Waals surface area contributed by atoms with Crippen molar-refractivity contribution in [3.8, 4) is 11.5 Å². The molecule has 0 aliphatic carbocycles. The number of benzene rings is 2. The Morgan fingerprint density at radius 3 is 2.57 bits per heavy atom. The minimum atomic E-state index is -0.508. The molecule has 11 heteroatoms. The van der Waals surface area contributed by atoms with Crippen LogP contribution in [0.2, 0.25) is 0 Å². The van der Waals surface area contributed by atoms with Crippen molar-refractivity contribution in [2.24, 2.45) is 11.8 Å². The van der Waals surface area contributed by atoms with Gasteiger partial charge in [0.05, 0.1) is 20.3 Å². The topological polar surface area (TPSA) is 92.3 Å². The molecule has 46 heavy (non-hydrogen) atoms. The Balaban J connectivity index is 1.45. The number of likely N-dealkylation sites (N-methyl/N-ethyl adjacent to an activating group) is 1. The molecule has 0 saturated carbocycles. The molecule has 2 heterocycles. The van der Waals surface area contributed by atoms with Crippen LogP contribution >= 0.6 is 0 Å². The summed E-state index contributed by atoms with van der Waals surface area (Å²) in [7, 11) is 3.74. The summed E-state index contributed by atoms with van der Waals surface area (Å²) in [6, 6.07) is 13.8. The lowest BCUT2D eigenvalue weighted by Crippen LogP contribution is -2.44. The molecule has 4 rings (SSSR count). The second kappa shape index (κ2) is 17.1. The number of aromatic nitrogens is 2. The summed E-state index contributed by atoms with van der Waals surface area (Å²) >= 11 is 0. The molecule has 1 aromatic heterocycles. The zero-order valence-corrected chi connectivity index (χ0v) is 28.0. The first-order valence-corrected chi connectivity index (χ1v) is 16.2. The van der Waals surface area contributed by atoms with Crippen molar-refractivity contribution in [2.45, 2.75) is 53.2 Å². The van der Waals surface area contributed by atoms with Gasteiger partial charge in [-0.3, -0.25) is 4.90 Å². The summed E-state index contributed by atoms with van der Waals surface area (Å²) in [5, 5.41) is 3.06. The summed E-state index contributed by atoms with van der Waals surface area (Å²) < 4.78 is 32.2. The van der Waals surface area contributed by atoms with E-state index in [9.17, 15) is 9.18 Å². The number of ether oxygens (including phenoxy) is 3. The maximum Gasteiger partial charge on any atom is 0.416 e. The zero-order valence-electron chi connectivity index (χ0n) is 28.0. The number of anilines is 3. The van der Waals surface area contributed by atoms with Gasteiger partial charge in [-0.15, -0.1) is 0 Å². The molecule has 0 bridgehead atoms. The normalized spacial score (nSPS) is 15.3. The standard InChI is InChI=1S/C35H49FN6O4/c1-7-26(4)33(25(2)3)46-35(43)42(24-27-10-8-11-29(22-27)44-6)32-14-15-37-34(39-32)38-28-12-13-31(30(36)23-28)45-21-9-16-41-19-17-40(5)18-20-41/h8,10-15,22-23,25-26,33H,7,9,16-21,24H2,1-6H3,(H,37,38,39). The molecule has 10 nitrogen and oxygen atoms in total. The van der Waals surface area contributed by atoms with Crippen LogP contribution in [0.1, 0.15) is 46.1 Å². The monoisotopic (exact) mass is 636 g/mol. The van der Waals surface area contributed by atoms with Gasteiger partial charge >= 0.3 is 6.09 Å².